The summed E-state index contributed by atoms with van der Waals surface area (Å²) in [5.41, 5.74) is -1.34. The van der Waals surface area contributed by atoms with Crippen LogP contribution in [0.4, 0.5) is 8.78 Å². The summed E-state index contributed by atoms with van der Waals surface area (Å²) in [5, 5.41) is 7.55. The van der Waals surface area contributed by atoms with Crippen LogP contribution < -0.4 is 0 Å². The van der Waals surface area contributed by atoms with Gasteiger partial charge in [0.2, 0.25) is 0 Å². The zero-order chi connectivity index (χ0) is 10.9. The molecule has 0 aliphatic rings. The van der Waals surface area contributed by atoms with Gasteiger partial charge in [0, 0.05) is 6.20 Å². The SMILES string of the molecule is O=C(O)c1ncc(Cl)c(C(F)F)c1Cl. The van der Waals surface area contributed by atoms with Crippen molar-refractivity contribution in [2.75, 3.05) is 0 Å². The molecule has 0 radical (unpaired) electrons. The third kappa shape index (κ3) is 1.93. The van der Waals surface area contributed by atoms with Gasteiger partial charge in [0.05, 0.1) is 15.6 Å². The number of halogens is 4. The first-order chi connectivity index (χ1) is 6.45. The zero-order valence-corrected chi connectivity index (χ0v) is 7.98. The Morgan fingerprint density at radius 2 is 2.07 bits per heavy atom. The van der Waals surface area contributed by atoms with Crippen molar-refractivity contribution in [3.05, 3.63) is 27.5 Å². The highest BCUT2D eigenvalue weighted by Crippen LogP contribution is 2.34. The maximum Gasteiger partial charge on any atom is 0.356 e. The molecule has 7 heteroatoms. The lowest BCUT2D eigenvalue weighted by Gasteiger charge is -2.06. The van der Waals surface area contributed by atoms with Gasteiger partial charge in [-0.05, 0) is 0 Å². The average molecular weight is 242 g/mol. The van der Waals surface area contributed by atoms with Crippen molar-refractivity contribution in [2.45, 2.75) is 6.43 Å². The van der Waals surface area contributed by atoms with Crippen LogP contribution in [0.3, 0.4) is 0 Å². The van der Waals surface area contributed by atoms with Crippen molar-refractivity contribution >= 4 is 29.2 Å². The van der Waals surface area contributed by atoms with E-state index in [1.807, 2.05) is 0 Å². The summed E-state index contributed by atoms with van der Waals surface area (Å²) in [7, 11) is 0. The largest absolute Gasteiger partial charge is 0.476 e. The van der Waals surface area contributed by atoms with Gasteiger partial charge in [0.1, 0.15) is 0 Å². The fraction of sp³-hybridized carbons (Fsp3) is 0.143. The van der Waals surface area contributed by atoms with Crippen molar-refractivity contribution in [2.24, 2.45) is 0 Å². The van der Waals surface area contributed by atoms with Crippen LogP contribution in [0.1, 0.15) is 22.5 Å². The maximum atomic E-state index is 12.3. The van der Waals surface area contributed by atoms with E-state index in [1.54, 1.807) is 0 Å². The van der Waals surface area contributed by atoms with Crippen LogP contribution in [-0.4, -0.2) is 16.1 Å². The minimum Gasteiger partial charge on any atom is -0.476 e. The van der Waals surface area contributed by atoms with Gasteiger partial charge < -0.3 is 5.11 Å². The topological polar surface area (TPSA) is 50.2 Å². The van der Waals surface area contributed by atoms with E-state index in [9.17, 15) is 13.6 Å². The number of carboxylic acids is 1. The number of nitrogens with zero attached hydrogens (tertiary/aromatic N) is 1. The van der Waals surface area contributed by atoms with Crippen molar-refractivity contribution in [1.82, 2.24) is 4.98 Å². The average Bonchev–Trinajstić information content (AvgIpc) is 2.02. The van der Waals surface area contributed by atoms with Crippen molar-refractivity contribution in [1.29, 1.82) is 0 Å². The van der Waals surface area contributed by atoms with Gasteiger partial charge in [0.15, 0.2) is 5.69 Å². The molecule has 0 unspecified atom stereocenters. The lowest BCUT2D eigenvalue weighted by molar-refractivity contribution is 0.0690. The molecule has 76 valence electrons. The Kier molecular flexibility index (Phi) is 3.23. The zero-order valence-electron chi connectivity index (χ0n) is 6.47. The minimum atomic E-state index is -2.93. The van der Waals surface area contributed by atoms with Crippen molar-refractivity contribution < 1.29 is 18.7 Å². The first kappa shape index (κ1) is 11.1. The number of carbonyl (C=O) groups is 1. The summed E-state index contributed by atoms with van der Waals surface area (Å²) < 4.78 is 24.7. The number of hydrogen-bond acceptors (Lipinski definition) is 2. The van der Waals surface area contributed by atoms with Crippen LogP contribution >= 0.6 is 23.2 Å². The molecule has 14 heavy (non-hydrogen) atoms. The van der Waals surface area contributed by atoms with E-state index in [1.165, 1.54) is 0 Å². The molecule has 0 aliphatic heterocycles. The number of carboxylic acid groups (broad SMARTS) is 1. The molecule has 1 N–H and O–H groups in total. The minimum absolute atomic E-state index is 0.352. The number of aromatic carboxylic acids is 1. The molecule has 1 aromatic rings. The predicted octanol–water partition coefficient (Wildman–Crippen LogP) is 3.02. The third-order valence-electron chi connectivity index (χ3n) is 1.43. The molecule has 1 aromatic heterocycles. The van der Waals surface area contributed by atoms with E-state index in [-0.39, 0.29) is 5.02 Å². The summed E-state index contributed by atoms with van der Waals surface area (Å²) in [4.78, 5) is 13.8. The molecule has 0 atom stereocenters. The maximum absolute atomic E-state index is 12.3. The first-order valence-electron chi connectivity index (χ1n) is 3.30. The van der Waals surface area contributed by atoms with Gasteiger partial charge in [0.25, 0.3) is 6.43 Å². The normalized spacial score (nSPS) is 10.6. The molecule has 0 fully saturated rings. The van der Waals surface area contributed by atoms with Gasteiger partial charge in [-0.3, -0.25) is 0 Å². The standard InChI is InChI=1S/C7H3Cl2F2NO2/c8-2-1-12-5(7(13)14)4(9)3(2)6(10)11/h1,6H,(H,13,14). The second-order valence-electron chi connectivity index (χ2n) is 2.29. The van der Waals surface area contributed by atoms with Gasteiger partial charge >= 0.3 is 5.97 Å². The van der Waals surface area contributed by atoms with E-state index in [4.69, 9.17) is 28.3 Å². The van der Waals surface area contributed by atoms with Crippen LogP contribution in [0.25, 0.3) is 0 Å². The van der Waals surface area contributed by atoms with Crippen molar-refractivity contribution in [3.63, 3.8) is 0 Å². The third-order valence-corrected chi connectivity index (χ3v) is 2.11. The smallest absolute Gasteiger partial charge is 0.356 e. The summed E-state index contributed by atoms with van der Waals surface area (Å²) in [6.07, 6.45) is -2.10. The van der Waals surface area contributed by atoms with E-state index in [0.29, 0.717) is 0 Å². The Bertz CT molecular complexity index is 384. The fourth-order valence-electron chi connectivity index (χ4n) is 0.829. The van der Waals surface area contributed by atoms with Crippen molar-refractivity contribution in [3.8, 4) is 0 Å². The fourth-order valence-corrected chi connectivity index (χ4v) is 1.42. The molecule has 1 rings (SSSR count). The molecular weight excluding hydrogens is 239 g/mol. The number of hydrogen-bond donors (Lipinski definition) is 1. The summed E-state index contributed by atoms with van der Waals surface area (Å²) >= 11 is 10.8. The Balaban J connectivity index is 3.41. The van der Waals surface area contributed by atoms with Crippen LogP contribution in [-0.2, 0) is 0 Å². The lowest BCUT2D eigenvalue weighted by Crippen LogP contribution is -2.04. The van der Waals surface area contributed by atoms with Crippen LogP contribution in [0.2, 0.25) is 10.0 Å². The molecular formula is C7H3Cl2F2NO2. The predicted molar refractivity (Wildman–Crippen MR) is 46.2 cm³/mol. The van der Waals surface area contributed by atoms with Gasteiger partial charge in [-0.15, -0.1) is 0 Å². The van der Waals surface area contributed by atoms with E-state index >= 15 is 0 Å². The quantitative estimate of drug-likeness (QED) is 0.866. The molecule has 0 aromatic carbocycles. The monoisotopic (exact) mass is 241 g/mol. The van der Waals surface area contributed by atoms with E-state index in [0.717, 1.165) is 6.20 Å². The first-order valence-corrected chi connectivity index (χ1v) is 4.06. The Morgan fingerprint density at radius 3 is 2.50 bits per heavy atom. The summed E-state index contributed by atoms with van der Waals surface area (Å²) in [6, 6.07) is 0. The molecule has 1 heterocycles. The number of alkyl halides is 2. The Labute approximate surface area is 87.3 Å². The number of rotatable bonds is 2. The van der Waals surface area contributed by atoms with Crippen LogP contribution in [0.5, 0.6) is 0 Å². The number of aromatic nitrogens is 1. The molecule has 0 saturated heterocycles. The highest BCUT2D eigenvalue weighted by Gasteiger charge is 2.22. The molecule has 3 nitrogen and oxygen atoms in total. The second kappa shape index (κ2) is 4.06. The van der Waals surface area contributed by atoms with Gasteiger partial charge in [-0.2, -0.15) is 0 Å². The summed E-state index contributed by atoms with van der Waals surface area (Å²) in [6.45, 7) is 0. The second-order valence-corrected chi connectivity index (χ2v) is 3.07. The molecule has 0 saturated carbocycles. The molecule has 0 spiro atoms. The number of pyridine rings is 1. The molecule has 0 amide bonds. The highest BCUT2D eigenvalue weighted by atomic mass is 35.5. The highest BCUT2D eigenvalue weighted by molar-refractivity contribution is 6.37. The Hall–Kier alpha value is -0.940. The van der Waals surface area contributed by atoms with Crippen LogP contribution in [0, 0.1) is 0 Å². The van der Waals surface area contributed by atoms with E-state index in [2.05, 4.69) is 4.98 Å². The van der Waals surface area contributed by atoms with E-state index < -0.39 is 28.7 Å². The molecule has 0 aliphatic carbocycles. The summed E-state index contributed by atoms with van der Waals surface area (Å²) in [5.74, 6) is -1.48. The van der Waals surface area contributed by atoms with Crippen LogP contribution in [0.15, 0.2) is 6.20 Å². The lowest BCUT2D eigenvalue weighted by atomic mass is 10.2. The van der Waals surface area contributed by atoms with Gasteiger partial charge in [-0.25, -0.2) is 18.6 Å². The Morgan fingerprint density at radius 1 is 1.50 bits per heavy atom. The van der Waals surface area contributed by atoms with Gasteiger partial charge in [-0.1, -0.05) is 23.2 Å². The molecule has 0 bridgehead atoms.